The van der Waals surface area contributed by atoms with Gasteiger partial charge in [-0.3, -0.25) is 0 Å². The van der Waals surface area contributed by atoms with Gasteiger partial charge < -0.3 is 4.79 Å². The summed E-state index contributed by atoms with van der Waals surface area (Å²) in [6, 6.07) is 0. The van der Waals surface area contributed by atoms with Gasteiger partial charge in [-0.15, -0.1) is 0 Å². The first-order valence-corrected chi connectivity index (χ1v) is 4.80. The van der Waals surface area contributed by atoms with E-state index in [0.717, 1.165) is 25.5 Å². The molecule has 12 heavy (non-hydrogen) atoms. The summed E-state index contributed by atoms with van der Waals surface area (Å²) >= 11 is 0. The van der Waals surface area contributed by atoms with Crippen LogP contribution in [0.3, 0.4) is 0 Å². The van der Waals surface area contributed by atoms with Crippen LogP contribution >= 0.6 is 0 Å². The smallest absolute Gasteiger partial charge is 0.120 e. The van der Waals surface area contributed by atoms with Crippen molar-refractivity contribution in [1.29, 1.82) is 0 Å². The third kappa shape index (κ3) is 6.14. The minimum atomic E-state index is 0.545. The molecule has 0 amide bonds. The zero-order valence-corrected chi connectivity index (χ0v) is 8.47. The lowest BCUT2D eigenvalue weighted by molar-refractivity contribution is -0.108. The number of aldehydes is 1. The van der Waals surface area contributed by atoms with Crippen LogP contribution in [0.4, 0.5) is 0 Å². The zero-order valence-electron chi connectivity index (χ0n) is 8.47. The molecule has 0 rings (SSSR count). The van der Waals surface area contributed by atoms with E-state index in [1.54, 1.807) is 0 Å². The number of hydrogen-bond acceptors (Lipinski definition) is 1. The quantitative estimate of drug-likeness (QED) is 0.439. The van der Waals surface area contributed by atoms with Gasteiger partial charge in [0.25, 0.3) is 0 Å². The van der Waals surface area contributed by atoms with E-state index in [9.17, 15) is 4.79 Å². The fourth-order valence-electron chi connectivity index (χ4n) is 1.04. The van der Waals surface area contributed by atoms with E-state index in [2.05, 4.69) is 26.8 Å². The topological polar surface area (TPSA) is 17.1 Å². The second-order valence-corrected chi connectivity index (χ2v) is 3.49. The van der Waals surface area contributed by atoms with Crippen LogP contribution in [-0.2, 0) is 4.79 Å². The van der Waals surface area contributed by atoms with Crippen molar-refractivity contribution in [2.45, 2.75) is 46.5 Å². The van der Waals surface area contributed by atoms with E-state index in [1.807, 2.05) is 0 Å². The molecule has 0 radical (unpaired) electrons. The molecular weight excluding hydrogens is 148 g/mol. The molecule has 0 fully saturated rings. The fourth-order valence-corrected chi connectivity index (χ4v) is 1.04. The van der Waals surface area contributed by atoms with Crippen LogP contribution in [0, 0.1) is 5.92 Å². The number of allylic oxidation sites excluding steroid dienone is 2. The van der Waals surface area contributed by atoms with Crippen LogP contribution in [0.5, 0.6) is 0 Å². The first kappa shape index (κ1) is 11.4. The molecule has 0 aromatic rings. The summed E-state index contributed by atoms with van der Waals surface area (Å²) in [4.78, 5) is 10.2. The van der Waals surface area contributed by atoms with E-state index in [-0.39, 0.29) is 0 Å². The van der Waals surface area contributed by atoms with Crippen molar-refractivity contribution in [3.05, 3.63) is 11.6 Å². The molecule has 0 bridgehead atoms. The molecule has 0 aromatic carbocycles. The van der Waals surface area contributed by atoms with Gasteiger partial charge in [-0.2, -0.15) is 0 Å². The molecule has 0 aromatic heterocycles. The van der Waals surface area contributed by atoms with Gasteiger partial charge in [-0.25, -0.2) is 0 Å². The minimum absolute atomic E-state index is 0.545. The SMILES string of the molecule is CC/C(C)=C\CC[C@H](C)CC=O. The van der Waals surface area contributed by atoms with E-state index < -0.39 is 0 Å². The average molecular weight is 168 g/mol. The van der Waals surface area contributed by atoms with Gasteiger partial charge in [0.1, 0.15) is 6.29 Å². The highest BCUT2D eigenvalue weighted by Crippen LogP contribution is 2.10. The molecule has 1 heteroatoms. The van der Waals surface area contributed by atoms with Crippen molar-refractivity contribution in [3.63, 3.8) is 0 Å². The molecule has 0 N–H and O–H groups in total. The highest BCUT2D eigenvalue weighted by Gasteiger charge is 1.98. The lowest BCUT2D eigenvalue weighted by atomic mass is 10.0. The molecule has 0 saturated carbocycles. The van der Waals surface area contributed by atoms with Gasteiger partial charge in [-0.05, 0) is 32.1 Å². The van der Waals surface area contributed by atoms with E-state index >= 15 is 0 Å². The van der Waals surface area contributed by atoms with Gasteiger partial charge in [0, 0.05) is 6.42 Å². The summed E-state index contributed by atoms with van der Waals surface area (Å²) in [7, 11) is 0. The van der Waals surface area contributed by atoms with Crippen LogP contribution < -0.4 is 0 Å². The lowest BCUT2D eigenvalue weighted by Crippen LogP contribution is -1.94. The number of rotatable bonds is 6. The van der Waals surface area contributed by atoms with Crippen molar-refractivity contribution < 1.29 is 4.79 Å². The lowest BCUT2D eigenvalue weighted by Gasteiger charge is -2.04. The summed E-state index contributed by atoms with van der Waals surface area (Å²) in [6.07, 6.45) is 7.40. The summed E-state index contributed by atoms with van der Waals surface area (Å²) in [6.45, 7) is 6.45. The molecule has 0 heterocycles. The predicted molar refractivity (Wildman–Crippen MR) is 53.1 cm³/mol. The zero-order chi connectivity index (χ0) is 9.40. The third-order valence-electron chi connectivity index (χ3n) is 2.21. The molecule has 0 aliphatic heterocycles. The van der Waals surface area contributed by atoms with Crippen LogP contribution in [0.15, 0.2) is 11.6 Å². The maximum absolute atomic E-state index is 10.2. The molecule has 70 valence electrons. The molecule has 0 saturated heterocycles. The van der Waals surface area contributed by atoms with Crippen molar-refractivity contribution in [2.75, 3.05) is 0 Å². The Morgan fingerprint density at radius 1 is 1.50 bits per heavy atom. The molecule has 0 unspecified atom stereocenters. The Balaban J connectivity index is 3.47. The summed E-state index contributed by atoms with van der Waals surface area (Å²) in [5.74, 6) is 0.545. The number of carbonyl (C=O) groups excluding carboxylic acids is 1. The second-order valence-electron chi connectivity index (χ2n) is 3.49. The maximum Gasteiger partial charge on any atom is 0.120 e. The molecule has 1 nitrogen and oxygen atoms in total. The number of carbonyl (C=O) groups is 1. The van der Waals surface area contributed by atoms with Crippen LogP contribution in [-0.4, -0.2) is 6.29 Å². The highest BCUT2D eigenvalue weighted by atomic mass is 16.1. The van der Waals surface area contributed by atoms with Crippen molar-refractivity contribution in [2.24, 2.45) is 5.92 Å². The Morgan fingerprint density at radius 2 is 2.17 bits per heavy atom. The molecule has 0 aliphatic rings. The standard InChI is InChI=1S/C11H20O/c1-4-10(2)6-5-7-11(3)8-9-12/h6,9,11H,4-5,7-8H2,1-3H3/b10-6-/t11-/m0/s1. The molecule has 0 aliphatic carbocycles. The normalized spacial score (nSPS) is 14.4. The second kappa shape index (κ2) is 7.08. The molecular formula is C11H20O. The summed E-state index contributed by atoms with van der Waals surface area (Å²) in [5.41, 5.74) is 1.45. The maximum atomic E-state index is 10.2. The van der Waals surface area contributed by atoms with E-state index in [4.69, 9.17) is 0 Å². The van der Waals surface area contributed by atoms with Crippen LogP contribution in [0.1, 0.15) is 46.5 Å². The number of hydrogen-bond donors (Lipinski definition) is 0. The van der Waals surface area contributed by atoms with Gasteiger partial charge in [0.2, 0.25) is 0 Å². The summed E-state index contributed by atoms with van der Waals surface area (Å²) in [5, 5.41) is 0. The Morgan fingerprint density at radius 3 is 2.67 bits per heavy atom. The summed E-state index contributed by atoms with van der Waals surface area (Å²) < 4.78 is 0. The predicted octanol–water partition coefficient (Wildman–Crippen LogP) is 3.35. The van der Waals surface area contributed by atoms with E-state index in [1.165, 1.54) is 5.57 Å². The van der Waals surface area contributed by atoms with Crippen LogP contribution in [0.25, 0.3) is 0 Å². The third-order valence-corrected chi connectivity index (χ3v) is 2.21. The van der Waals surface area contributed by atoms with Gasteiger partial charge in [-0.1, -0.05) is 25.5 Å². The van der Waals surface area contributed by atoms with Gasteiger partial charge in [0.05, 0.1) is 0 Å². The van der Waals surface area contributed by atoms with Crippen LogP contribution in [0.2, 0.25) is 0 Å². The van der Waals surface area contributed by atoms with E-state index in [0.29, 0.717) is 12.3 Å². The minimum Gasteiger partial charge on any atom is -0.303 e. The Kier molecular flexibility index (Phi) is 6.73. The Bertz CT molecular complexity index is 147. The van der Waals surface area contributed by atoms with Crippen molar-refractivity contribution in [1.82, 2.24) is 0 Å². The van der Waals surface area contributed by atoms with Gasteiger partial charge >= 0.3 is 0 Å². The van der Waals surface area contributed by atoms with Gasteiger partial charge in [0.15, 0.2) is 0 Å². The largest absolute Gasteiger partial charge is 0.303 e. The molecule has 0 spiro atoms. The fraction of sp³-hybridized carbons (Fsp3) is 0.727. The first-order chi connectivity index (χ1) is 5.70. The Hall–Kier alpha value is -0.590. The van der Waals surface area contributed by atoms with Crippen molar-refractivity contribution >= 4 is 6.29 Å². The molecule has 1 atom stereocenters. The van der Waals surface area contributed by atoms with Crippen molar-refractivity contribution in [3.8, 4) is 0 Å². The first-order valence-electron chi connectivity index (χ1n) is 4.80. The highest BCUT2D eigenvalue weighted by molar-refractivity contribution is 5.49. The Labute approximate surface area is 75.9 Å². The monoisotopic (exact) mass is 168 g/mol. The average Bonchev–Trinajstić information content (AvgIpc) is 2.04.